The fourth-order valence-electron chi connectivity index (χ4n) is 2.35. The van der Waals surface area contributed by atoms with E-state index in [1.165, 1.54) is 0 Å². The zero-order valence-corrected chi connectivity index (χ0v) is 10.5. The normalized spacial score (nSPS) is 12.5. The van der Waals surface area contributed by atoms with Gasteiger partial charge < -0.3 is 5.11 Å². The van der Waals surface area contributed by atoms with Gasteiger partial charge in [0.25, 0.3) is 0 Å². The number of aliphatic hydroxyl groups excluding tert-OH is 1. The molecule has 0 fully saturated rings. The molecule has 0 amide bonds. The van der Waals surface area contributed by atoms with Gasteiger partial charge in [-0.15, -0.1) is 0 Å². The van der Waals surface area contributed by atoms with Crippen LogP contribution in [0.15, 0.2) is 67.0 Å². The molecular weight excluding hydrogens is 234 g/mol. The first-order chi connectivity index (χ1) is 9.34. The first kappa shape index (κ1) is 11.9. The number of benzene rings is 2. The van der Waals surface area contributed by atoms with Gasteiger partial charge in [-0.1, -0.05) is 54.6 Å². The average Bonchev–Trinajstić information content (AvgIpc) is 2.47. The Morgan fingerprint density at radius 1 is 0.895 bits per heavy atom. The van der Waals surface area contributed by atoms with Crippen LogP contribution in [0.2, 0.25) is 0 Å². The molecule has 0 aliphatic rings. The van der Waals surface area contributed by atoms with Gasteiger partial charge in [0.1, 0.15) is 0 Å². The summed E-state index contributed by atoms with van der Waals surface area (Å²) in [6.45, 7) is 0. The first-order valence-corrected chi connectivity index (χ1v) is 6.39. The number of nitrogens with zero attached hydrogens (tertiary/aromatic N) is 1. The summed E-state index contributed by atoms with van der Waals surface area (Å²) in [4.78, 5) is 4.22. The Balaban J connectivity index is 1.96. The Hall–Kier alpha value is -2.19. The third-order valence-corrected chi connectivity index (χ3v) is 3.33. The molecule has 3 aromatic rings. The van der Waals surface area contributed by atoms with E-state index in [4.69, 9.17) is 0 Å². The van der Waals surface area contributed by atoms with Crippen LogP contribution < -0.4 is 0 Å². The van der Waals surface area contributed by atoms with Gasteiger partial charge in [0.15, 0.2) is 0 Å². The van der Waals surface area contributed by atoms with Crippen molar-refractivity contribution < 1.29 is 5.11 Å². The Labute approximate surface area is 112 Å². The molecule has 3 rings (SSSR count). The number of hydrogen-bond donors (Lipinski definition) is 1. The Kier molecular flexibility index (Phi) is 3.25. The predicted molar refractivity (Wildman–Crippen MR) is 76.8 cm³/mol. The van der Waals surface area contributed by atoms with Gasteiger partial charge >= 0.3 is 0 Å². The van der Waals surface area contributed by atoms with Gasteiger partial charge in [-0.2, -0.15) is 0 Å². The number of fused-ring (bicyclic) bond motifs is 1. The van der Waals surface area contributed by atoms with E-state index in [2.05, 4.69) is 4.98 Å². The summed E-state index contributed by atoms with van der Waals surface area (Å²) in [5.41, 5.74) is 2.02. The van der Waals surface area contributed by atoms with Gasteiger partial charge in [-0.3, -0.25) is 4.98 Å². The van der Waals surface area contributed by atoms with Crippen molar-refractivity contribution in [3.63, 3.8) is 0 Å². The molecule has 0 saturated heterocycles. The molecule has 0 saturated carbocycles. The zero-order chi connectivity index (χ0) is 13.1. The summed E-state index contributed by atoms with van der Waals surface area (Å²) >= 11 is 0. The number of pyridine rings is 1. The number of aromatic nitrogens is 1. The summed E-state index contributed by atoms with van der Waals surface area (Å²) in [5, 5.41) is 12.6. The van der Waals surface area contributed by atoms with Crippen molar-refractivity contribution in [3.05, 3.63) is 78.1 Å². The summed E-state index contributed by atoms with van der Waals surface area (Å²) in [7, 11) is 0. The van der Waals surface area contributed by atoms with Crippen molar-refractivity contribution in [2.45, 2.75) is 12.5 Å². The smallest absolute Gasteiger partial charge is 0.0851 e. The van der Waals surface area contributed by atoms with Gasteiger partial charge in [-0.25, -0.2) is 0 Å². The third kappa shape index (κ3) is 2.49. The van der Waals surface area contributed by atoms with Crippen LogP contribution in [0.4, 0.5) is 0 Å². The molecule has 0 radical (unpaired) electrons. The highest BCUT2D eigenvalue weighted by atomic mass is 16.3. The minimum atomic E-state index is -0.527. The molecule has 94 valence electrons. The van der Waals surface area contributed by atoms with Crippen LogP contribution in [0.25, 0.3) is 10.8 Å². The molecule has 0 aliphatic heterocycles. The second-order valence-corrected chi connectivity index (χ2v) is 4.66. The molecule has 1 N–H and O–H groups in total. The standard InChI is InChI=1S/C17H15NO/c19-17(10-13-6-2-1-3-7-13)16-12-18-11-14-8-4-5-9-15(14)16/h1-9,11-12,17,19H,10H2. The van der Waals surface area contributed by atoms with Crippen LogP contribution in [0.5, 0.6) is 0 Å². The fourth-order valence-corrected chi connectivity index (χ4v) is 2.35. The predicted octanol–water partition coefficient (Wildman–Crippen LogP) is 3.51. The Morgan fingerprint density at radius 2 is 1.63 bits per heavy atom. The lowest BCUT2D eigenvalue weighted by Crippen LogP contribution is -2.03. The molecule has 1 aromatic heterocycles. The number of hydrogen-bond acceptors (Lipinski definition) is 2. The van der Waals surface area contributed by atoms with Crippen LogP contribution in [0.3, 0.4) is 0 Å². The second-order valence-electron chi connectivity index (χ2n) is 4.66. The van der Waals surface area contributed by atoms with E-state index in [1.807, 2.05) is 60.8 Å². The zero-order valence-electron chi connectivity index (χ0n) is 10.5. The van der Waals surface area contributed by atoms with E-state index in [0.29, 0.717) is 6.42 Å². The number of aliphatic hydroxyl groups is 1. The molecule has 2 aromatic carbocycles. The molecule has 0 aliphatic carbocycles. The quantitative estimate of drug-likeness (QED) is 0.770. The maximum absolute atomic E-state index is 10.4. The van der Waals surface area contributed by atoms with E-state index in [9.17, 15) is 5.11 Å². The van der Waals surface area contributed by atoms with Gasteiger partial charge in [0.2, 0.25) is 0 Å². The largest absolute Gasteiger partial charge is 0.388 e. The molecule has 1 atom stereocenters. The lowest BCUT2D eigenvalue weighted by Gasteiger charge is -2.13. The van der Waals surface area contributed by atoms with Crippen LogP contribution in [-0.2, 0) is 6.42 Å². The van der Waals surface area contributed by atoms with Gasteiger partial charge in [0, 0.05) is 29.8 Å². The monoisotopic (exact) mass is 249 g/mol. The Bertz CT molecular complexity index is 674. The van der Waals surface area contributed by atoms with E-state index in [1.54, 1.807) is 6.20 Å². The molecule has 1 unspecified atom stereocenters. The average molecular weight is 249 g/mol. The third-order valence-electron chi connectivity index (χ3n) is 3.33. The molecule has 0 spiro atoms. The van der Waals surface area contributed by atoms with E-state index < -0.39 is 6.10 Å². The second kappa shape index (κ2) is 5.21. The van der Waals surface area contributed by atoms with Crippen molar-refractivity contribution >= 4 is 10.8 Å². The lowest BCUT2D eigenvalue weighted by atomic mass is 9.98. The van der Waals surface area contributed by atoms with Crippen molar-refractivity contribution in [2.75, 3.05) is 0 Å². The molecule has 1 heterocycles. The highest BCUT2D eigenvalue weighted by Gasteiger charge is 2.12. The fraction of sp³-hybridized carbons (Fsp3) is 0.118. The van der Waals surface area contributed by atoms with Crippen molar-refractivity contribution in [1.82, 2.24) is 4.98 Å². The van der Waals surface area contributed by atoms with Crippen molar-refractivity contribution in [1.29, 1.82) is 0 Å². The summed E-state index contributed by atoms with van der Waals surface area (Å²) < 4.78 is 0. The number of rotatable bonds is 3. The highest BCUT2D eigenvalue weighted by Crippen LogP contribution is 2.25. The lowest BCUT2D eigenvalue weighted by molar-refractivity contribution is 0.179. The maximum atomic E-state index is 10.4. The minimum Gasteiger partial charge on any atom is -0.388 e. The van der Waals surface area contributed by atoms with E-state index in [0.717, 1.165) is 21.9 Å². The SMILES string of the molecule is OC(Cc1ccccc1)c1cncc2ccccc12. The first-order valence-electron chi connectivity index (χ1n) is 6.39. The molecule has 2 nitrogen and oxygen atoms in total. The van der Waals surface area contributed by atoms with Crippen LogP contribution in [0, 0.1) is 0 Å². The maximum Gasteiger partial charge on any atom is 0.0851 e. The summed E-state index contributed by atoms with van der Waals surface area (Å²) in [6.07, 6.45) is 3.67. The summed E-state index contributed by atoms with van der Waals surface area (Å²) in [5.74, 6) is 0. The molecule has 19 heavy (non-hydrogen) atoms. The van der Waals surface area contributed by atoms with Crippen molar-refractivity contribution in [2.24, 2.45) is 0 Å². The molecular formula is C17H15NO. The highest BCUT2D eigenvalue weighted by molar-refractivity contribution is 5.84. The van der Waals surface area contributed by atoms with Crippen LogP contribution in [-0.4, -0.2) is 10.1 Å². The van der Waals surface area contributed by atoms with E-state index in [-0.39, 0.29) is 0 Å². The Morgan fingerprint density at radius 3 is 2.47 bits per heavy atom. The van der Waals surface area contributed by atoms with Gasteiger partial charge in [-0.05, 0) is 10.9 Å². The van der Waals surface area contributed by atoms with Crippen molar-refractivity contribution in [3.8, 4) is 0 Å². The topological polar surface area (TPSA) is 33.1 Å². The van der Waals surface area contributed by atoms with Crippen LogP contribution in [0.1, 0.15) is 17.2 Å². The van der Waals surface area contributed by atoms with E-state index >= 15 is 0 Å². The summed E-state index contributed by atoms with van der Waals surface area (Å²) in [6, 6.07) is 18.0. The minimum absolute atomic E-state index is 0.527. The molecule has 0 bridgehead atoms. The van der Waals surface area contributed by atoms with Crippen LogP contribution >= 0.6 is 0 Å². The molecule has 2 heteroatoms. The van der Waals surface area contributed by atoms with Gasteiger partial charge in [0.05, 0.1) is 6.10 Å².